The molecule has 5 heteroatoms. The summed E-state index contributed by atoms with van der Waals surface area (Å²) in [7, 11) is 0. The molecule has 0 radical (unpaired) electrons. The number of primary amides is 1. The number of benzene rings is 2. The average molecular weight is 418 g/mol. The molecule has 5 nitrogen and oxygen atoms in total. The van der Waals surface area contributed by atoms with E-state index in [9.17, 15) is 4.79 Å². The number of hydrogen-bond donors (Lipinski definition) is 1. The quantitative estimate of drug-likeness (QED) is 0.592. The molecule has 0 saturated carbocycles. The molecule has 2 amide bonds. The second-order valence-electron chi connectivity index (χ2n) is 8.92. The van der Waals surface area contributed by atoms with E-state index in [0.29, 0.717) is 12.5 Å². The zero-order chi connectivity index (χ0) is 22.0. The normalized spacial score (nSPS) is 19.0. The van der Waals surface area contributed by atoms with Gasteiger partial charge >= 0.3 is 6.03 Å². The Morgan fingerprint density at radius 1 is 1.19 bits per heavy atom. The third-order valence-corrected chi connectivity index (χ3v) is 6.19. The smallest absolute Gasteiger partial charge is 0.315 e. The maximum absolute atomic E-state index is 11.8. The van der Waals surface area contributed by atoms with Gasteiger partial charge in [-0.15, -0.1) is 0 Å². The summed E-state index contributed by atoms with van der Waals surface area (Å²) in [5.41, 5.74) is 10.2. The minimum atomic E-state index is -0.325. The summed E-state index contributed by atoms with van der Waals surface area (Å²) < 4.78 is 6.30. The van der Waals surface area contributed by atoms with Gasteiger partial charge in [-0.3, -0.25) is 4.98 Å². The Hall–Kier alpha value is -3.08. The monoisotopic (exact) mass is 417 g/mol. The highest BCUT2D eigenvalue weighted by Gasteiger charge is 2.32. The number of nitrogens with zero attached hydrogens (tertiary/aromatic N) is 2. The molecule has 3 aromatic rings. The molecule has 0 aliphatic carbocycles. The molecule has 2 N–H and O–H groups in total. The number of aromatic nitrogens is 1. The summed E-state index contributed by atoms with van der Waals surface area (Å²) in [5.74, 6) is 1.37. The van der Waals surface area contributed by atoms with Gasteiger partial charge in [-0.2, -0.15) is 0 Å². The maximum Gasteiger partial charge on any atom is 0.315 e. The summed E-state index contributed by atoms with van der Waals surface area (Å²) in [6.07, 6.45) is 4.49. The van der Waals surface area contributed by atoms with Gasteiger partial charge in [0.05, 0.1) is 5.52 Å². The highest BCUT2D eigenvalue weighted by molar-refractivity contribution is 5.88. The number of nitrogens with two attached hydrogens (primary N) is 1. The van der Waals surface area contributed by atoms with Gasteiger partial charge in [0, 0.05) is 37.0 Å². The minimum absolute atomic E-state index is 0.0943. The van der Waals surface area contributed by atoms with Crippen molar-refractivity contribution in [3.63, 3.8) is 0 Å². The summed E-state index contributed by atoms with van der Waals surface area (Å²) in [6.45, 7) is 7.12. The van der Waals surface area contributed by atoms with E-state index in [1.54, 1.807) is 4.90 Å². The molecule has 2 atom stereocenters. The number of carbonyl (C=O) groups is 1. The Morgan fingerprint density at radius 2 is 1.97 bits per heavy atom. The average Bonchev–Trinajstić information content (AvgIpc) is 2.74. The summed E-state index contributed by atoms with van der Waals surface area (Å²) in [5, 5.41) is 1.15. The van der Waals surface area contributed by atoms with Crippen LogP contribution >= 0.6 is 0 Å². The first kappa shape index (κ1) is 21.2. The van der Waals surface area contributed by atoms with Crippen molar-refractivity contribution in [2.24, 2.45) is 11.7 Å². The second kappa shape index (κ2) is 8.96. The van der Waals surface area contributed by atoms with E-state index in [2.05, 4.69) is 56.1 Å². The Kier molecular flexibility index (Phi) is 6.12. The fourth-order valence-electron chi connectivity index (χ4n) is 4.69. The Bertz CT molecular complexity index is 1060. The van der Waals surface area contributed by atoms with Crippen LogP contribution in [0.25, 0.3) is 22.0 Å². The first-order valence-electron chi connectivity index (χ1n) is 11.1. The molecule has 2 unspecified atom stereocenters. The van der Waals surface area contributed by atoms with Gasteiger partial charge < -0.3 is 15.4 Å². The van der Waals surface area contributed by atoms with Gasteiger partial charge in [0.15, 0.2) is 0 Å². The van der Waals surface area contributed by atoms with Gasteiger partial charge in [0.1, 0.15) is 11.9 Å². The van der Waals surface area contributed by atoms with Crippen molar-refractivity contribution in [3.8, 4) is 16.9 Å². The largest absolute Gasteiger partial charge is 0.490 e. The van der Waals surface area contributed by atoms with Crippen molar-refractivity contribution in [2.45, 2.75) is 52.2 Å². The van der Waals surface area contributed by atoms with Crippen LogP contribution in [0.4, 0.5) is 4.79 Å². The van der Waals surface area contributed by atoms with Gasteiger partial charge in [0.2, 0.25) is 0 Å². The molecule has 1 saturated heterocycles. The van der Waals surface area contributed by atoms with E-state index in [1.807, 2.05) is 24.4 Å². The first-order valence-corrected chi connectivity index (χ1v) is 11.1. The molecule has 162 valence electrons. The van der Waals surface area contributed by atoms with Crippen molar-refractivity contribution in [1.29, 1.82) is 0 Å². The standard InChI is InChI=1S/C26H31N3O2/c1-17(2)15-21-16-23(12-14-29(21)26(27)30)31-22-9-6-19(7-10-22)24-11-8-20-5-4-13-28-25(20)18(24)3/h4-11,13,17,21,23H,12,14-16H2,1-3H3,(H2,27,30). The van der Waals surface area contributed by atoms with Crippen LogP contribution in [0.5, 0.6) is 5.75 Å². The Morgan fingerprint density at radius 3 is 2.68 bits per heavy atom. The van der Waals surface area contributed by atoms with Gasteiger partial charge in [-0.05, 0) is 54.2 Å². The maximum atomic E-state index is 11.8. The van der Waals surface area contributed by atoms with Gasteiger partial charge in [0.25, 0.3) is 0 Å². The Labute approximate surface area is 184 Å². The van der Waals surface area contributed by atoms with Crippen LogP contribution in [0.15, 0.2) is 54.7 Å². The highest BCUT2D eigenvalue weighted by atomic mass is 16.5. The molecule has 31 heavy (non-hydrogen) atoms. The fourth-order valence-corrected chi connectivity index (χ4v) is 4.69. The molecule has 2 heterocycles. The number of pyridine rings is 1. The van der Waals surface area contributed by atoms with E-state index < -0.39 is 0 Å². The van der Waals surface area contributed by atoms with Crippen LogP contribution in [-0.4, -0.2) is 34.6 Å². The lowest BCUT2D eigenvalue weighted by Crippen LogP contribution is -2.51. The van der Waals surface area contributed by atoms with E-state index in [-0.39, 0.29) is 18.2 Å². The predicted octanol–water partition coefficient (Wildman–Crippen LogP) is 5.55. The van der Waals surface area contributed by atoms with E-state index in [0.717, 1.165) is 41.5 Å². The van der Waals surface area contributed by atoms with Crippen molar-refractivity contribution < 1.29 is 9.53 Å². The topological polar surface area (TPSA) is 68.5 Å². The van der Waals surface area contributed by atoms with E-state index in [1.165, 1.54) is 11.1 Å². The van der Waals surface area contributed by atoms with Crippen LogP contribution in [0.1, 0.15) is 38.7 Å². The van der Waals surface area contributed by atoms with Crippen LogP contribution in [0.2, 0.25) is 0 Å². The van der Waals surface area contributed by atoms with Crippen LogP contribution in [0, 0.1) is 12.8 Å². The summed E-state index contributed by atoms with van der Waals surface area (Å²) >= 11 is 0. The molecule has 1 aliphatic rings. The van der Waals surface area contributed by atoms with E-state index >= 15 is 0 Å². The van der Waals surface area contributed by atoms with Crippen molar-refractivity contribution in [3.05, 3.63) is 60.3 Å². The summed E-state index contributed by atoms with van der Waals surface area (Å²) in [4.78, 5) is 18.1. The third kappa shape index (κ3) is 4.66. The highest BCUT2D eigenvalue weighted by Crippen LogP contribution is 2.31. The number of urea groups is 1. The molecule has 1 aliphatic heterocycles. The molecule has 2 aromatic carbocycles. The molecular formula is C26H31N3O2. The predicted molar refractivity (Wildman–Crippen MR) is 125 cm³/mol. The summed E-state index contributed by atoms with van der Waals surface area (Å²) in [6, 6.07) is 16.4. The second-order valence-corrected chi connectivity index (χ2v) is 8.92. The lowest BCUT2D eigenvalue weighted by molar-refractivity contribution is 0.0685. The SMILES string of the molecule is Cc1c(-c2ccc(OC3CCN(C(N)=O)C(CC(C)C)C3)cc2)ccc2cccnc12. The number of amides is 2. The van der Waals surface area contributed by atoms with Crippen molar-refractivity contribution in [1.82, 2.24) is 9.88 Å². The number of ether oxygens (including phenoxy) is 1. The molecular weight excluding hydrogens is 386 g/mol. The molecule has 1 aromatic heterocycles. The first-order chi connectivity index (χ1) is 14.9. The zero-order valence-corrected chi connectivity index (χ0v) is 18.5. The molecule has 0 spiro atoms. The fraction of sp³-hybridized carbons (Fsp3) is 0.385. The molecule has 1 fully saturated rings. The Balaban J connectivity index is 1.48. The van der Waals surface area contributed by atoms with Gasteiger partial charge in [-0.25, -0.2) is 4.79 Å². The number of carbonyl (C=O) groups excluding carboxylic acids is 1. The lowest BCUT2D eigenvalue weighted by atomic mass is 9.92. The molecule has 4 rings (SSSR count). The van der Waals surface area contributed by atoms with Crippen LogP contribution in [-0.2, 0) is 0 Å². The number of piperidine rings is 1. The van der Waals surface area contributed by atoms with Crippen molar-refractivity contribution in [2.75, 3.05) is 6.54 Å². The van der Waals surface area contributed by atoms with Gasteiger partial charge in [-0.1, -0.05) is 44.2 Å². The lowest BCUT2D eigenvalue weighted by Gasteiger charge is -2.39. The van der Waals surface area contributed by atoms with Crippen LogP contribution < -0.4 is 10.5 Å². The van der Waals surface area contributed by atoms with E-state index in [4.69, 9.17) is 10.5 Å². The number of hydrogen-bond acceptors (Lipinski definition) is 3. The number of likely N-dealkylation sites (tertiary alicyclic amines) is 1. The zero-order valence-electron chi connectivity index (χ0n) is 18.5. The number of fused-ring (bicyclic) bond motifs is 1. The number of aryl methyl sites for hydroxylation is 1. The van der Waals surface area contributed by atoms with Crippen LogP contribution in [0.3, 0.4) is 0 Å². The minimum Gasteiger partial charge on any atom is -0.490 e. The molecule has 0 bridgehead atoms. The number of rotatable bonds is 5. The third-order valence-electron chi connectivity index (χ3n) is 6.19. The van der Waals surface area contributed by atoms with Crippen molar-refractivity contribution >= 4 is 16.9 Å².